The van der Waals surface area contributed by atoms with E-state index in [1.165, 1.54) is 32.1 Å². The number of phosphoric ester groups is 1. The zero-order valence-electron chi connectivity index (χ0n) is 44.2. The monoisotopic (exact) mass is 981 g/mol. The molecule has 2 atom stereocenters. The van der Waals surface area contributed by atoms with Crippen molar-refractivity contribution in [1.29, 1.82) is 0 Å². The number of phosphoric acid groups is 1. The Labute approximate surface area is 422 Å². The highest BCUT2D eigenvalue weighted by molar-refractivity contribution is 7.47. The lowest BCUT2D eigenvalue weighted by atomic mass is 10.1. The number of nitrogens with zero attached hydrogens (tertiary/aromatic N) is 1. The van der Waals surface area contributed by atoms with Gasteiger partial charge in [-0.2, -0.15) is 0 Å². The van der Waals surface area contributed by atoms with Crippen LogP contribution in [0.15, 0.2) is 122 Å². The van der Waals surface area contributed by atoms with Crippen LogP contribution in [0.4, 0.5) is 0 Å². The van der Waals surface area contributed by atoms with Crippen molar-refractivity contribution < 1.29 is 42.1 Å². The number of carbonyl (C=O) groups excluding carboxylic acids is 2. The highest BCUT2D eigenvalue weighted by Gasteiger charge is 2.27. The summed E-state index contributed by atoms with van der Waals surface area (Å²) in [5.41, 5.74) is 0. The first-order valence-electron chi connectivity index (χ1n) is 26.8. The van der Waals surface area contributed by atoms with E-state index < -0.39 is 26.5 Å². The molecule has 0 bridgehead atoms. The van der Waals surface area contributed by atoms with Crippen molar-refractivity contribution in [2.75, 3.05) is 47.5 Å². The van der Waals surface area contributed by atoms with E-state index >= 15 is 0 Å². The summed E-state index contributed by atoms with van der Waals surface area (Å²) in [6, 6.07) is 0. The van der Waals surface area contributed by atoms with Gasteiger partial charge in [0.25, 0.3) is 0 Å². The number of unbranched alkanes of at least 4 members (excludes halogenated alkanes) is 13. The first kappa shape index (κ1) is 65.4. The van der Waals surface area contributed by atoms with Crippen molar-refractivity contribution in [1.82, 2.24) is 0 Å². The van der Waals surface area contributed by atoms with Crippen molar-refractivity contribution in [2.24, 2.45) is 0 Å². The Morgan fingerprint density at radius 2 is 0.826 bits per heavy atom. The Hall–Kier alpha value is -3.59. The minimum absolute atomic E-state index is 0.0233. The maximum atomic E-state index is 12.7. The molecule has 1 N–H and O–H groups in total. The molecule has 2 unspecified atom stereocenters. The predicted octanol–water partition coefficient (Wildman–Crippen LogP) is 16.4. The number of allylic oxidation sites excluding steroid dienone is 20. The zero-order chi connectivity index (χ0) is 50.6. The van der Waals surface area contributed by atoms with Crippen LogP contribution in [-0.2, 0) is 32.7 Å². The molecule has 0 radical (unpaired) electrons. The molecule has 0 aliphatic heterocycles. The zero-order valence-corrected chi connectivity index (χ0v) is 45.1. The fourth-order valence-corrected chi connectivity index (χ4v) is 7.37. The molecule has 10 heteroatoms. The molecule has 0 rings (SSSR count). The summed E-state index contributed by atoms with van der Waals surface area (Å²) in [6.45, 7) is 4.23. The molecule has 0 heterocycles. The fourth-order valence-electron chi connectivity index (χ4n) is 6.63. The molecule has 0 amide bonds. The number of hydrogen-bond donors (Lipinski definition) is 1. The highest BCUT2D eigenvalue weighted by Crippen LogP contribution is 2.43. The van der Waals surface area contributed by atoms with Gasteiger partial charge in [-0.25, -0.2) is 4.57 Å². The van der Waals surface area contributed by atoms with Crippen LogP contribution in [0.3, 0.4) is 0 Å². The minimum Gasteiger partial charge on any atom is -0.462 e. The van der Waals surface area contributed by atoms with Crippen LogP contribution in [0.2, 0.25) is 0 Å². The van der Waals surface area contributed by atoms with Crippen molar-refractivity contribution in [3.8, 4) is 0 Å². The van der Waals surface area contributed by atoms with Crippen molar-refractivity contribution >= 4 is 19.8 Å². The number of hydrogen-bond acceptors (Lipinski definition) is 7. The molecular formula is C59H99NO8P+. The van der Waals surface area contributed by atoms with Gasteiger partial charge in [0, 0.05) is 12.8 Å². The Balaban J connectivity index is 4.12. The lowest BCUT2D eigenvalue weighted by Crippen LogP contribution is -2.37. The maximum Gasteiger partial charge on any atom is 0.472 e. The lowest BCUT2D eigenvalue weighted by molar-refractivity contribution is -0.870. The number of esters is 2. The lowest BCUT2D eigenvalue weighted by Gasteiger charge is -2.24. The average molecular weight is 981 g/mol. The third-order valence-electron chi connectivity index (χ3n) is 10.8. The molecule has 0 saturated heterocycles. The molecule has 0 aromatic heterocycles. The Morgan fingerprint density at radius 1 is 0.464 bits per heavy atom. The fraction of sp³-hybridized carbons (Fsp3) is 0.627. The van der Waals surface area contributed by atoms with Crippen LogP contribution in [0.1, 0.15) is 187 Å². The van der Waals surface area contributed by atoms with Crippen LogP contribution < -0.4 is 0 Å². The van der Waals surface area contributed by atoms with Crippen molar-refractivity contribution in [3.63, 3.8) is 0 Å². The van der Waals surface area contributed by atoms with Crippen LogP contribution in [-0.4, -0.2) is 74.9 Å². The number of quaternary nitrogens is 1. The third-order valence-corrected chi connectivity index (χ3v) is 11.7. The van der Waals surface area contributed by atoms with E-state index in [0.29, 0.717) is 17.4 Å². The first-order valence-corrected chi connectivity index (χ1v) is 28.3. The second-order valence-corrected chi connectivity index (χ2v) is 20.0. The van der Waals surface area contributed by atoms with Gasteiger partial charge in [-0.3, -0.25) is 18.6 Å². The highest BCUT2D eigenvalue weighted by atomic mass is 31.2. The van der Waals surface area contributed by atoms with Gasteiger partial charge in [-0.05, 0) is 89.9 Å². The summed E-state index contributed by atoms with van der Waals surface area (Å²) in [7, 11) is 1.45. The van der Waals surface area contributed by atoms with Crippen LogP contribution in [0.25, 0.3) is 0 Å². The van der Waals surface area contributed by atoms with Crippen molar-refractivity contribution in [3.05, 3.63) is 122 Å². The molecule has 69 heavy (non-hydrogen) atoms. The van der Waals surface area contributed by atoms with Gasteiger partial charge in [0.15, 0.2) is 6.10 Å². The SMILES string of the molecule is CC/C=C\C/C=C\C/C=C\C/C=C\C/C=C\C/C=C\C/C=C\C/C=C\C/C=C\C/C=C\CCCCCCCCC(=O)OC(COC(=O)CCCCCCCCCC)COP(=O)(O)OCC[N+](C)(C)C. The molecule has 0 fully saturated rings. The van der Waals surface area contributed by atoms with Crippen LogP contribution >= 0.6 is 7.82 Å². The van der Waals surface area contributed by atoms with Gasteiger partial charge >= 0.3 is 19.8 Å². The third kappa shape index (κ3) is 53.6. The average Bonchev–Trinajstić information content (AvgIpc) is 3.31. The van der Waals surface area contributed by atoms with Crippen LogP contribution in [0, 0.1) is 0 Å². The van der Waals surface area contributed by atoms with Gasteiger partial charge in [0.1, 0.15) is 19.8 Å². The van der Waals surface area contributed by atoms with Gasteiger partial charge in [-0.15, -0.1) is 0 Å². The van der Waals surface area contributed by atoms with E-state index in [-0.39, 0.29) is 32.0 Å². The second kappa shape index (κ2) is 49.4. The smallest absolute Gasteiger partial charge is 0.462 e. The summed E-state index contributed by atoms with van der Waals surface area (Å²) >= 11 is 0. The molecular weight excluding hydrogens is 882 g/mol. The van der Waals surface area contributed by atoms with E-state index in [2.05, 4.69) is 135 Å². The summed E-state index contributed by atoms with van der Waals surface area (Å²) in [5, 5.41) is 0. The Morgan fingerprint density at radius 3 is 1.23 bits per heavy atom. The van der Waals surface area contributed by atoms with E-state index in [1.807, 2.05) is 21.1 Å². The molecule has 0 spiro atoms. The molecule has 0 aromatic carbocycles. The van der Waals surface area contributed by atoms with Crippen LogP contribution in [0.5, 0.6) is 0 Å². The quantitative estimate of drug-likeness (QED) is 0.0211. The summed E-state index contributed by atoms with van der Waals surface area (Å²) in [6.07, 6.45) is 70.0. The topological polar surface area (TPSA) is 108 Å². The molecule has 0 aliphatic rings. The normalized spacial score (nSPS) is 14.3. The Bertz CT molecular complexity index is 1580. The molecule has 0 aliphatic carbocycles. The maximum absolute atomic E-state index is 12.7. The summed E-state index contributed by atoms with van der Waals surface area (Å²) < 4.78 is 34.3. The van der Waals surface area contributed by atoms with E-state index in [9.17, 15) is 19.0 Å². The van der Waals surface area contributed by atoms with E-state index in [4.69, 9.17) is 18.5 Å². The molecule has 9 nitrogen and oxygen atoms in total. The predicted molar refractivity (Wildman–Crippen MR) is 293 cm³/mol. The van der Waals surface area contributed by atoms with Gasteiger partial charge in [-0.1, -0.05) is 206 Å². The standard InChI is InChI=1S/C59H98NO8P/c1-6-8-10-12-14-16-17-18-19-20-21-22-23-24-25-26-27-28-29-30-31-32-33-34-35-36-37-38-39-40-41-42-43-44-46-48-50-52-59(62)68-57(56-67-69(63,64)66-54-53-60(3,4)5)55-65-58(61)51-49-47-45-15-13-11-9-7-2/h8,10,14,16,18-19,21-22,24-25,27-28,30-31,33-34,36-37,39-40,57H,6-7,9,11-13,15,17,20,23,26,29,32,35,38,41-56H2,1-5H3/p+1/b10-8-,16-14-,19-18-,22-21-,25-24-,28-27-,31-30-,34-33-,37-36-,40-39-. The minimum atomic E-state index is -4.38. The second-order valence-electron chi connectivity index (χ2n) is 18.5. The molecule has 392 valence electrons. The molecule has 0 saturated carbocycles. The van der Waals surface area contributed by atoms with Gasteiger partial charge in [0.2, 0.25) is 0 Å². The number of ether oxygens (including phenoxy) is 2. The number of carbonyl (C=O) groups is 2. The van der Waals surface area contributed by atoms with E-state index in [1.54, 1.807) is 0 Å². The number of likely N-dealkylation sites (N-methyl/N-ethyl adjacent to an activating group) is 1. The summed E-state index contributed by atoms with van der Waals surface area (Å²) in [4.78, 5) is 35.3. The van der Waals surface area contributed by atoms with E-state index in [0.717, 1.165) is 122 Å². The summed E-state index contributed by atoms with van der Waals surface area (Å²) in [5.74, 6) is -0.829. The first-order chi connectivity index (χ1) is 33.5. The Kier molecular flexibility index (Phi) is 46.8. The van der Waals surface area contributed by atoms with Gasteiger partial charge in [0.05, 0.1) is 27.7 Å². The largest absolute Gasteiger partial charge is 0.472 e. The number of rotatable bonds is 47. The molecule has 0 aromatic rings. The van der Waals surface area contributed by atoms with Gasteiger partial charge < -0.3 is 18.9 Å². The van der Waals surface area contributed by atoms with Crippen molar-refractivity contribution in [2.45, 2.75) is 193 Å².